The Morgan fingerprint density at radius 3 is 2.36 bits per heavy atom. The molecule has 33 heavy (non-hydrogen) atoms. The fourth-order valence-electron chi connectivity index (χ4n) is 4.91. The van der Waals surface area contributed by atoms with E-state index in [1.807, 2.05) is 29.9 Å². The number of nitrogens with zero attached hydrogens (tertiary/aromatic N) is 2. The highest BCUT2D eigenvalue weighted by Gasteiger charge is 2.31. The Bertz CT molecular complexity index is 1130. The van der Waals surface area contributed by atoms with E-state index in [1.165, 1.54) is 17.5 Å². The van der Waals surface area contributed by atoms with Gasteiger partial charge in [0.25, 0.3) is 5.56 Å². The number of carboxylic acids is 1. The zero-order valence-corrected chi connectivity index (χ0v) is 20.4. The van der Waals surface area contributed by atoms with Gasteiger partial charge in [-0.1, -0.05) is 48.9 Å². The second-order valence-corrected chi connectivity index (χ2v) is 9.68. The summed E-state index contributed by atoms with van der Waals surface area (Å²) in [6.07, 6.45) is 5.54. The molecule has 6 nitrogen and oxygen atoms in total. The van der Waals surface area contributed by atoms with Crippen molar-refractivity contribution in [2.24, 2.45) is 13.0 Å². The number of aromatic nitrogens is 2. The first-order chi connectivity index (χ1) is 15.9. The van der Waals surface area contributed by atoms with Gasteiger partial charge < -0.3 is 5.11 Å². The molecule has 0 bridgehead atoms. The number of aromatic carboxylic acids is 1. The van der Waals surface area contributed by atoms with E-state index in [1.54, 1.807) is 12.1 Å². The average molecular weight is 512 g/mol. The van der Waals surface area contributed by atoms with Crippen molar-refractivity contribution < 1.29 is 9.90 Å². The molecule has 1 aliphatic rings. The van der Waals surface area contributed by atoms with Gasteiger partial charge in [-0.05, 0) is 83.9 Å². The molecule has 1 aromatic heterocycles. The standard InChI is InChI=1S/C26H30BrN3O3/c1-29-24(22(27)25(31)28-29)23(20-8-3-2-4-9-20)30-16-14-19(15-17-30)7-5-6-18-10-12-21(13-11-18)26(32)33/h2-4,8-13,19,23H,5-7,14-17H2,1H3,(H,28,31)(H,32,33). The van der Waals surface area contributed by atoms with Crippen LogP contribution in [0.15, 0.2) is 63.9 Å². The van der Waals surface area contributed by atoms with Gasteiger partial charge in [-0.15, -0.1) is 0 Å². The Hall–Kier alpha value is -2.64. The molecule has 1 saturated heterocycles. The summed E-state index contributed by atoms with van der Waals surface area (Å²) >= 11 is 3.52. The number of nitrogens with one attached hydrogen (secondary N) is 1. The van der Waals surface area contributed by atoms with Crippen molar-refractivity contribution in [3.05, 3.63) is 91.8 Å². The highest BCUT2D eigenvalue weighted by molar-refractivity contribution is 9.10. The topological polar surface area (TPSA) is 78.3 Å². The summed E-state index contributed by atoms with van der Waals surface area (Å²) in [5.74, 6) is -0.191. The molecule has 7 heteroatoms. The van der Waals surface area contributed by atoms with Crippen molar-refractivity contribution in [2.45, 2.75) is 38.1 Å². The monoisotopic (exact) mass is 511 g/mol. The SMILES string of the molecule is Cn1[nH]c(=O)c(Br)c1C(c1ccccc1)N1CCC(CCCc2ccc(C(=O)O)cc2)CC1. The lowest BCUT2D eigenvalue weighted by Crippen LogP contribution is -2.38. The smallest absolute Gasteiger partial charge is 0.335 e. The Balaban J connectivity index is 1.37. The van der Waals surface area contributed by atoms with Gasteiger partial charge in [0.2, 0.25) is 0 Å². The number of carboxylic acid groups (broad SMARTS) is 1. The quantitative estimate of drug-likeness (QED) is 0.446. The first kappa shape index (κ1) is 23.5. The predicted molar refractivity (Wildman–Crippen MR) is 133 cm³/mol. The molecule has 4 rings (SSSR count). The maximum absolute atomic E-state index is 12.2. The number of halogens is 1. The number of piperidine rings is 1. The predicted octanol–water partition coefficient (Wildman–Crippen LogP) is 5.00. The number of aryl methyl sites for hydroxylation is 2. The molecule has 0 amide bonds. The number of likely N-dealkylation sites (tertiary alicyclic amines) is 1. The van der Waals surface area contributed by atoms with Crippen molar-refractivity contribution in [1.29, 1.82) is 0 Å². The summed E-state index contributed by atoms with van der Waals surface area (Å²) in [5.41, 5.74) is 3.59. The molecule has 2 aromatic carbocycles. The minimum absolute atomic E-state index is 0.0261. The Morgan fingerprint density at radius 2 is 1.79 bits per heavy atom. The number of carbonyl (C=O) groups is 1. The van der Waals surface area contributed by atoms with E-state index in [2.05, 4.69) is 50.2 Å². The number of hydrogen-bond acceptors (Lipinski definition) is 3. The second kappa shape index (κ2) is 10.5. The molecule has 1 fully saturated rings. The molecule has 2 heterocycles. The molecule has 0 aliphatic carbocycles. The molecular formula is C26H30BrN3O3. The number of H-pyrrole nitrogens is 1. The van der Waals surface area contributed by atoms with Crippen LogP contribution in [-0.2, 0) is 13.5 Å². The lowest BCUT2D eigenvalue weighted by atomic mass is 9.89. The molecule has 174 valence electrons. The van der Waals surface area contributed by atoms with Crippen LogP contribution >= 0.6 is 15.9 Å². The van der Waals surface area contributed by atoms with Gasteiger partial charge in [0.05, 0.1) is 17.3 Å². The van der Waals surface area contributed by atoms with Gasteiger partial charge in [-0.2, -0.15) is 0 Å². The van der Waals surface area contributed by atoms with E-state index in [0.717, 1.165) is 44.5 Å². The van der Waals surface area contributed by atoms with Crippen LogP contribution in [0.4, 0.5) is 0 Å². The molecule has 1 atom stereocenters. The summed E-state index contributed by atoms with van der Waals surface area (Å²) in [6, 6.07) is 17.6. The largest absolute Gasteiger partial charge is 0.478 e. The number of benzene rings is 2. The van der Waals surface area contributed by atoms with Crippen LogP contribution in [0.5, 0.6) is 0 Å². The lowest BCUT2D eigenvalue weighted by molar-refractivity contribution is 0.0697. The molecule has 2 N–H and O–H groups in total. The molecule has 1 unspecified atom stereocenters. The Morgan fingerprint density at radius 1 is 1.12 bits per heavy atom. The van der Waals surface area contributed by atoms with E-state index in [0.29, 0.717) is 16.0 Å². The van der Waals surface area contributed by atoms with Gasteiger partial charge in [0.1, 0.15) is 4.47 Å². The van der Waals surface area contributed by atoms with Gasteiger partial charge in [-0.3, -0.25) is 19.5 Å². The van der Waals surface area contributed by atoms with Crippen LogP contribution in [0.1, 0.15) is 58.9 Å². The minimum Gasteiger partial charge on any atom is -0.478 e. The van der Waals surface area contributed by atoms with Gasteiger partial charge in [-0.25, -0.2) is 4.79 Å². The van der Waals surface area contributed by atoms with Gasteiger partial charge >= 0.3 is 5.97 Å². The summed E-state index contributed by atoms with van der Waals surface area (Å²) < 4.78 is 2.45. The first-order valence-electron chi connectivity index (χ1n) is 11.5. The van der Waals surface area contributed by atoms with Crippen LogP contribution < -0.4 is 5.56 Å². The maximum atomic E-state index is 12.2. The van der Waals surface area contributed by atoms with Crippen LogP contribution in [0, 0.1) is 5.92 Å². The summed E-state index contributed by atoms with van der Waals surface area (Å²) in [4.78, 5) is 25.7. The minimum atomic E-state index is -0.881. The molecule has 3 aromatic rings. The van der Waals surface area contributed by atoms with Crippen LogP contribution in [0.2, 0.25) is 0 Å². The first-order valence-corrected chi connectivity index (χ1v) is 12.3. The highest BCUT2D eigenvalue weighted by atomic mass is 79.9. The highest BCUT2D eigenvalue weighted by Crippen LogP contribution is 2.35. The van der Waals surface area contributed by atoms with Crippen molar-refractivity contribution in [2.75, 3.05) is 13.1 Å². The fraction of sp³-hybridized carbons (Fsp3) is 0.385. The van der Waals surface area contributed by atoms with Crippen molar-refractivity contribution in [1.82, 2.24) is 14.7 Å². The summed E-state index contributed by atoms with van der Waals surface area (Å²) in [5, 5.41) is 11.9. The van der Waals surface area contributed by atoms with Crippen molar-refractivity contribution in [3.63, 3.8) is 0 Å². The third-order valence-corrected chi connectivity index (χ3v) is 7.49. The van der Waals surface area contributed by atoms with Crippen LogP contribution in [-0.4, -0.2) is 38.8 Å². The van der Waals surface area contributed by atoms with E-state index in [-0.39, 0.29) is 11.6 Å². The van der Waals surface area contributed by atoms with E-state index < -0.39 is 5.97 Å². The maximum Gasteiger partial charge on any atom is 0.335 e. The third kappa shape index (κ3) is 5.47. The normalized spacial score (nSPS) is 16.1. The average Bonchev–Trinajstić information content (AvgIpc) is 3.07. The zero-order chi connectivity index (χ0) is 23.4. The molecule has 0 radical (unpaired) electrons. The lowest BCUT2D eigenvalue weighted by Gasteiger charge is -2.38. The van der Waals surface area contributed by atoms with E-state index in [9.17, 15) is 9.59 Å². The Kier molecular flexibility index (Phi) is 7.50. The van der Waals surface area contributed by atoms with Crippen LogP contribution in [0.25, 0.3) is 0 Å². The number of aromatic amines is 1. The molecule has 1 aliphatic heterocycles. The molecule has 0 spiro atoms. The van der Waals surface area contributed by atoms with Crippen molar-refractivity contribution in [3.8, 4) is 0 Å². The third-order valence-electron chi connectivity index (χ3n) is 6.72. The van der Waals surface area contributed by atoms with E-state index >= 15 is 0 Å². The molecular weight excluding hydrogens is 482 g/mol. The van der Waals surface area contributed by atoms with Gasteiger partial charge in [0.15, 0.2) is 0 Å². The van der Waals surface area contributed by atoms with Gasteiger partial charge in [0, 0.05) is 7.05 Å². The Labute approximate surface area is 202 Å². The number of hydrogen-bond donors (Lipinski definition) is 2. The molecule has 0 saturated carbocycles. The van der Waals surface area contributed by atoms with E-state index in [4.69, 9.17) is 5.11 Å². The second-order valence-electron chi connectivity index (χ2n) is 8.89. The fourth-order valence-corrected chi connectivity index (χ4v) is 5.49. The van der Waals surface area contributed by atoms with Crippen LogP contribution in [0.3, 0.4) is 0 Å². The zero-order valence-electron chi connectivity index (χ0n) is 18.8. The summed E-state index contributed by atoms with van der Waals surface area (Å²) in [7, 11) is 1.90. The summed E-state index contributed by atoms with van der Waals surface area (Å²) in [6.45, 7) is 1.98. The van der Waals surface area contributed by atoms with Crippen molar-refractivity contribution >= 4 is 21.9 Å². The number of rotatable bonds is 8.